The Balaban J connectivity index is 1.69. The quantitative estimate of drug-likeness (QED) is 0.773. The van der Waals surface area contributed by atoms with E-state index in [1.165, 1.54) is 37.8 Å². The monoisotopic (exact) mass is 261 g/mol. The summed E-state index contributed by atoms with van der Waals surface area (Å²) in [4.78, 5) is 4.21. The van der Waals surface area contributed by atoms with Crippen LogP contribution in [0.2, 0.25) is 0 Å². The maximum absolute atomic E-state index is 4.21. The molecule has 1 fully saturated rings. The van der Waals surface area contributed by atoms with E-state index in [1.807, 2.05) is 18.5 Å². The molecule has 2 heterocycles. The molecular formula is C16H27N3. The maximum atomic E-state index is 4.21. The highest BCUT2D eigenvalue weighted by molar-refractivity contribution is 5.19. The van der Waals surface area contributed by atoms with Crippen LogP contribution in [0.5, 0.6) is 0 Å². The average Bonchev–Trinajstić information content (AvgIpc) is 2.46. The molecule has 106 valence electrons. The predicted molar refractivity (Wildman–Crippen MR) is 80.4 cm³/mol. The van der Waals surface area contributed by atoms with Crippen LogP contribution in [-0.2, 0) is 5.41 Å². The lowest BCUT2D eigenvalue weighted by Gasteiger charge is -2.27. The first-order valence-corrected chi connectivity index (χ1v) is 7.53. The molecule has 1 unspecified atom stereocenters. The van der Waals surface area contributed by atoms with Gasteiger partial charge in [-0.25, -0.2) is 0 Å². The summed E-state index contributed by atoms with van der Waals surface area (Å²) in [5.41, 5.74) is 1.45. The summed E-state index contributed by atoms with van der Waals surface area (Å²) in [6, 6.07) is 4.91. The summed E-state index contributed by atoms with van der Waals surface area (Å²) in [7, 11) is 0. The van der Waals surface area contributed by atoms with E-state index in [4.69, 9.17) is 0 Å². The van der Waals surface area contributed by atoms with Crippen molar-refractivity contribution in [2.45, 2.75) is 51.0 Å². The summed E-state index contributed by atoms with van der Waals surface area (Å²) in [6.07, 6.45) is 9.12. The van der Waals surface area contributed by atoms with Crippen LogP contribution in [0.15, 0.2) is 24.5 Å². The van der Waals surface area contributed by atoms with Crippen molar-refractivity contribution in [1.82, 2.24) is 15.6 Å². The molecule has 0 spiro atoms. The zero-order valence-corrected chi connectivity index (χ0v) is 12.3. The van der Waals surface area contributed by atoms with Gasteiger partial charge in [0.25, 0.3) is 0 Å². The second-order valence-corrected chi connectivity index (χ2v) is 6.24. The van der Waals surface area contributed by atoms with Gasteiger partial charge in [0.15, 0.2) is 0 Å². The van der Waals surface area contributed by atoms with Crippen LogP contribution in [0.1, 0.15) is 45.1 Å². The van der Waals surface area contributed by atoms with Gasteiger partial charge < -0.3 is 10.6 Å². The second-order valence-electron chi connectivity index (χ2n) is 6.24. The molecular weight excluding hydrogens is 234 g/mol. The van der Waals surface area contributed by atoms with Crippen LogP contribution in [0.4, 0.5) is 0 Å². The Labute approximate surface area is 117 Å². The van der Waals surface area contributed by atoms with Crippen molar-refractivity contribution >= 4 is 0 Å². The Morgan fingerprint density at radius 3 is 3.00 bits per heavy atom. The average molecular weight is 261 g/mol. The van der Waals surface area contributed by atoms with Gasteiger partial charge in [-0.1, -0.05) is 26.3 Å². The highest BCUT2D eigenvalue weighted by atomic mass is 14.9. The van der Waals surface area contributed by atoms with Crippen molar-refractivity contribution in [3.63, 3.8) is 0 Å². The highest BCUT2D eigenvalue weighted by Gasteiger charge is 2.20. The first-order valence-electron chi connectivity index (χ1n) is 7.53. The standard InChI is InChI=1S/C16H27N3/c1-16(2,14-6-5-9-17-12-14)13-18-11-8-15-7-3-4-10-19-15/h5-6,9,12,15,18-19H,3-4,7-8,10-11,13H2,1-2H3. The van der Waals surface area contributed by atoms with Crippen molar-refractivity contribution in [2.24, 2.45) is 0 Å². The Morgan fingerprint density at radius 1 is 1.42 bits per heavy atom. The molecule has 0 saturated carbocycles. The number of hydrogen-bond donors (Lipinski definition) is 2. The third-order valence-electron chi connectivity index (χ3n) is 4.09. The number of aromatic nitrogens is 1. The predicted octanol–water partition coefficient (Wildman–Crippen LogP) is 2.48. The Morgan fingerprint density at radius 2 is 2.32 bits per heavy atom. The molecule has 3 heteroatoms. The van der Waals surface area contributed by atoms with Crippen LogP contribution < -0.4 is 10.6 Å². The van der Waals surface area contributed by atoms with E-state index < -0.39 is 0 Å². The first kappa shape index (κ1) is 14.5. The lowest BCUT2D eigenvalue weighted by Crippen LogP contribution is -2.39. The van der Waals surface area contributed by atoms with Gasteiger partial charge in [0.2, 0.25) is 0 Å². The van der Waals surface area contributed by atoms with Gasteiger partial charge in [0, 0.05) is 30.4 Å². The third kappa shape index (κ3) is 4.59. The molecule has 3 nitrogen and oxygen atoms in total. The minimum atomic E-state index is 0.147. The molecule has 0 radical (unpaired) electrons. The zero-order valence-electron chi connectivity index (χ0n) is 12.3. The van der Waals surface area contributed by atoms with E-state index in [1.54, 1.807) is 0 Å². The fourth-order valence-electron chi connectivity index (χ4n) is 2.71. The van der Waals surface area contributed by atoms with E-state index in [0.29, 0.717) is 0 Å². The fraction of sp³-hybridized carbons (Fsp3) is 0.688. The molecule has 0 aliphatic carbocycles. The number of hydrogen-bond acceptors (Lipinski definition) is 3. The number of nitrogens with one attached hydrogen (secondary N) is 2. The van der Waals surface area contributed by atoms with E-state index in [2.05, 4.69) is 35.5 Å². The Bertz CT molecular complexity index is 356. The van der Waals surface area contributed by atoms with Crippen LogP contribution in [0, 0.1) is 0 Å². The van der Waals surface area contributed by atoms with Crippen molar-refractivity contribution in [2.75, 3.05) is 19.6 Å². The molecule has 1 atom stereocenters. The van der Waals surface area contributed by atoms with Gasteiger partial charge in [0.05, 0.1) is 0 Å². The fourth-order valence-corrected chi connectivity index (χ4v) is 2.71. The van der Waals surface area contributed by atoms with Gasteiger partial charge in [-0.2, -0.15) is 0 Å². The smallest absolute Gasteiger partial charge is 0.0305 e. The number of piperidine rings is 1. The number of pyridine rings is 1. The topological polar surface area (TPSA) is 37.0 Å². The third-order valence-corrected chi connectivity index (χ3v) is 4.09. The molecule has 1 saturated heterocycles. The molecule has 0 bridgehead atoms. The minimum absolute atomic E-state index is 0.147. The second kappa shape index (κ2) is 7.01. The van der Waals surface area contributed by atoms with Crippen molar-refractivity contribution < 1.29 is 0 Å². The van der Waals surface area contributed by atoms with Crippen molar-refractivity contribution in [3.8, 4) is 0 Å². The molecule has 0 aromatic carbocycles. The van der Waals surface area contributed by atoms with Gasteiger partial charge in [-0.05, 0) is 44.0 Å². The molecule has 19 heavy (non-hydrogen) atoms. The molecule has 1 aliphatic heterocycles. The summed E-state index contributed by atoms with van der Waals surface area (Å²) in [6.45, 7) is 7.85. The maximum Gasteiger partial charge on any atom is 0.0305 e. The minimum Gasteiger partial charge on any atom is -0.316 e. The van der Waals surface area contributed by atoms with Gasteiger partial charge in [-0.15, -0.1) is 0 Å². The SMILES string of the molecule is CC(C)(CNCCC1CCCCN1)c1cccnc1. The largest absolute Gasteiger partial charge is 0.316 e. The van der Waals surface area contributed by atoms with Crippen LogP contribution in [0.3, 0.4) is 0 Å². The van der Waals surface area contributed by atoms with Crippen LogP contribution >= 0.6 is 0 Å². The number of nitrogens with zero attached hydrogens (tertiary/aromatic N) is 1. The van der Waals surface area contributed by atoms with Crippen LogP contribution in [-0.4, -0.2) is 30.7 Å². The van der Waals surface area contributed by atoms with Crippen molar-refractivity contribution in [3.05, 3.63) is 30.1 Å². The molecule has 1 aromatic heterocycles. The van der Waals surface area contributed by atoms with Gasteiger partial charge in [-0.3, -0.25) is 4.98 Å². The van der Waals surface area contributed by atoms with Gasteiger partial charge >= 0.3 is 0 Å². The van der Waals surface area contributed by atoms with E-state index in [0.717, 1.165) is 19.1 Å². The number of rotatable bonds is 6. The Hall–Kier alpha value is -0.930. The molecule has 0 amide bonds. The van der Waals surface area contributed by atoms with Crippen LogP contribution in [0.25, 0.3) is 0 Å². The molecule has 2 N–H and O–H groups in total. The molecule has 1 aliphatic rings. The first-order chi connectivity index (χ1) is 9.18. The summed E-state index contributed by atoms with van der Waals surface area (Å²) < 4.78 is 0. The zero-order chi connectivity index (χ0) is 13.6. The lowest BCUT2D eigenvalue weighted by molar-refractivity contribution is 0.368. The van der Waals surface area contributed by atoms with Crippen molar-refractivity contribution in [1.29, 1.82) is 0 Å². The van der Waals surface area contributed by atoms with E-state index in [-0.39, 0.29) is 5.41 Å². The van der Waals surface area contributed by atoms with E-state index in [9.17, 15) is 0 Å². The summed E-state index contributed by atoms with van der Waals surface area (Å²) in [5, 5.41) is 7.20. The summed E-state index contributed by atoms with van der Waals surface area (Å²) >= 11 is 0. The Kier molecular flexibility index (Phi) is 5.34. The lowest BCUT2D eigenvalue weighted by atomic mass is 9.85. The summed E-state index contributed by atoms with van der Waals surface area (Å²) in [5.74, 6) is 0. The molecule has 2 rings (SSSR count). The normalized spacial score (nSPS) is 20.4. The van der Waals surface area contributed by atoms with E-state index >= 15 is 0 Å². The van der Waals surface area contributed by atoms with Gasteiger partial charge in [0.1, 0.15) is 0 Å². The highest BCUT2D eigenvalue weighted by Crippen LogP contribution is 2.20. The molecule has 1 aromatic rings.